The van der Waals surface area contributed by atoms with E-state index in [-0.39, 0.29) is 6.10 Å². The molecule has 0 aliphatic heterocycles. The molecule has 92 valence electrons. The minimum atomic E-state index is 0.0513. The summed E-state index contributed by atoms with van der Waals surface area (Å²) in [6.45, 7) is 3.99. The minimum absolute atomic E-state index is 0.0513. The van der Waals surface area contributed by atoms with Gasteiger partial charge in [-0.05, 0) is 25.7 Å². The highest BCUT2D eigenvalue weighted by molar-refractivity contribution is 5.05. The van der Waals surface area contributed by atoms with Crippen LogP contribution in [0.3, 0.4) is 0 Å². The SMILES string of the molecule is C=CCCC(C#CCCCCCCO)OC. The number of methoxy groups -OCH3 is 1. The molecular weight excluding hydrogens is 200 g/mol. The lowest BCUT2D eigenvalue weighted by Crippen LogP contribution is -2.06. The topological polar surface area (TPSA) is 29.5 Å². The third kappa shape index (κ3) is 9.76. The van der Waals surface area contributed by atoms with Crippen LogP contribution in [0.25, 0.3) is 0 Å². The summed E-state index contributed by atoms with van der Waals surface area (Å²) in [5, 5.41) is 8.60. The van der Waals surface area contributed by atoms with Crippen LogP contribution in [0.5, 0.6) is 0 Å². The number of hydrogen-bond acceptors (Lipinski definition) is 2. The molecule has 0 heterocycles. The fourth-order valence-electron chi connectivity index (χ4n) is 1.38. The van der Waals surface area contributed by atoms with E-state index < -0.39 is 0 Å². The summed E-state index contributed by atoms with van der Waals surface area (Å²) >= 11 is 0. The van der Waals surface area contributed by atoms with E-state index in [0.29, 0.717) is 6.61 Å². The predicted molar refractivity (Wildman–Crippen MR) is 68.2 cm³/mol. The second kappa shape index (κ2) is 12.3. The van der Waals surface area contributed by atoms with E-state index in [9.17, 15) is 0 Å². The van der Waals surface area contributed by atoms with Gasteiger partial charge in [0.2, 0.25) is 0 Å². The smallest absolute Gasteiger partial charge is 0.118 e. The Kier molecular flexibility index (Phi) is 11.7. The molecule has 0 radical (unpaired) electrons. The van der Waals surface area contributed by atoms with Gasteiger partial charge in [0.15, 0.2) is 0 Å². The summed E-state index contributed by atoms with van der Waals surface area (Å²) in [6, 6.07) is 0. The molecule has 0 spiro atoms. The fourth-order valence-corrected chi connectivity index (χ4v) is 1.38. The standard InChI is InChI=1S/C14H24O2/c1-3-4-11-14(16-2)12-9-7-5-6-8-10-13-15/h3,14-15H,1,4-8,10-11,13H2,2H3. The zero-order chi connectivity index (χ0) is 12.1. The van der Waals surface area contributed by atoms with E-state index >= 15 is 0 Å². The van der Waals surface area contributed by atoms with Crippen molar-refractivity contribution in [3.8, 4) is 11.8 Å². The van der Waals surface area contributed by atoms with E-state index in [1.54, 1.807) is 7.11 Å². The van der Waals surface area contributed by atoms with Crippen LogP contribution < -0.4 is 0 Å². The molecule has 1 atom stereocenters. The fraction of sp³-hybridized carbons (Fsp3) is 0.714. The van der Waals surface area contributed by atoms with Gasteiger partial charge in [-0.1, -0.05) is 24.8 Å². The Bertz CT molecular complexity index is 213. The van der Waals surface area contributed by atoms with Crippen molar-refractivity contribution in [2.45, 2.75) is 51.0 Å². The van der Waals surface area contributed by atoms with Gasteiger partial charge < -0.3 is 9.84 Å². The molecule has 0 aromatic heterocycles. The van der Waals surface area contributed by atoms with Crippen molar-refractivity contribution in [2.75, 3.05) is 13.7 Å². The summed E-state index contributed by atoms with van der Waals surface area (Å²) < 4.78 is 5.24. The third-order valence-corrected chi connectivity index (χ3v) is 2.39. The molecule has 0 fully saturated rings. The third-order valence-electron chi connectivity index (χ3n) is 2.39. The molecule has 0 aromatic rings. The molecule has 2 nitrogen and oxygen atoms in total. The largest absolute Gasteiger partial charge is 0.396 e. The van der Waals surface area contributed by atoms with Crippen molar-refractivity contribution in [1.82, 2.24) is 0 Å². The van der Waals surface area contributed by atoms with Gasteiger partial charge in [-0.15, -0.1) is 12.5 Å². The van der Waals surface area contributed by atoms with Crippen LogP contribution >= 0.6 is 0 Å². The maximum Gasteiger partial charge on any atom is 0.118 e. The Morgan fingerprint density at radius 2 is 2.06 bits per heavy atom. The van der Waals surface area contributed by atoms with Crippen molar-refractivity contribution in [3.05, 3.63) is 12.7 Å². The number of aliphatic hydroxyl groups is 1. The average Bonchev–Trinajstić information content (AvgIpc) is 2.32. The quantitative estimate of drug-likeness (QED) is 0.371. The predicted octanol–water partition coefficient (Wildman–Crippen LogP) is 2.91. The Balaban J connectivity index is 3.51. The first-order valence-electron chi connectivity index (χ1n) is 6.08. The molecule has 2 heteroatoms. The molecule has 0 bridgehead atoms. The minimum Gasteiger partial charge on any atom is -0.396 e. The monoisotopic (exact) mass is 224 g/mol. The summed E-state index contributed by atoms with van der Waals surface area (Å²) in [4.78, 5) is 0. The lowest BCUT2D eigenvalue weighted by Gasteiger charge is -2.05. The maximum absolute atomic E-state index is 8.60. The molecule has 0 aliphatic rings. The van der Waals surface area contributed by atoms with E-state index in [4.69, 9.17) is 9.84 Å². The Labute approximate surface area is 99.7 Å². The molecule has 16 heavy (non-hydrogen) atoms. The lowest BCUT2D eigenvalue weighted by atomic mass is 10.1. The van der Waals surface area contributed by atoms with Crippen molar-refractivity contribution in [2.24, 2.45) is 0 Å². The molecule has 1 N–H and O–H groups in total. The van der Waals surface area contributed by atoms with E-state index in [2.05, 4.69) is 18.4 Å². The normalized spacial score (nSPS) is 11.6. The first-order valence-corrected chi connectivity index (χ1v) is 6.08. The highest BCUT2D eigenvalue weighted by Gasteiger charge is 1.99. The number of unbranched alkanes of at least 4 members (excludes halogenated alkanes) is 4. The highest BCUT2D eigenvalue weighted by Crippen LogP contribution is 2.03. The molecule has 1 unspecified atom stereocenters. The van der Waals surface area contributed by atoms with Crippen LogP contribution in [-0.2, 0) is 4.74 Å². The van der Waals surface area contributed by atoms with Crippen LogP contribution in [0, 0.1) is 11.8 Å². The number of aliphatic hydroxyl groups excluding tert-OH is 1. The number of hydrogen-bond donors (Lipinski definition) is 1. The van der Waals surface area contributed by atoms with Gasteiger partial charge >= 0.3 is 0 Å². The van der Waals surface area contributed by atoms with Crippen molar-refractivity contribution >= 4 is 0 Å². The van der Waals surface area contributed by atoms with Crippen molar-refractivity contribution < 1.29 is 9.84 Å². The van der Waals surface area contributed by atoms with Crippen molar-refractivity contribution in [3.63, 3.8) is 0 Å². The van der Waals surface area contributed by atoms with Gasteiger partial charge in [0.05, 0.1) is 0 Å². The average molecular weight is 224 g/mol. The van der Waals surface area contributed by atoms with E-state index in [0.717, 1.165) is 44.9 Å². The molecule has 0 aromatic carbocycles. The maximum atomic E-state index is 8.60. The van der Waals surface area contributed by atoms with Crippen LogP contribution in [0.15, 0.2) is 12.7 Å². The summed E-state index contributed by atoms with van der Waals surface area (Å²) in [6.07, 6.45) is 9.03. The highest BCUT2D eigenvalue weighted by atomic mass is 16.5. The second-order valence-corrected chi connectivity index (χ2v) is 3.80. The van der Waals surface area contributed by atoms with Crippen LogP contribution in [0.4, 0.5) is 0 Å². The lowest BCUT2D eigenvalue weighted by molar-refractivity contribution is 0.142. The molecule has 0 saturated carbocycles. The Morgan fingerprint density at radius 1 is 1.31 bits per heavy atom. The number of allylic oxidation sites excluding steroid dienone is 1. The van der Waals surface area contributed by atoms with E-state index in [1.807, 2.05) is 6.08 Å². The zero-order valence-electron chi connectivity index (χ0n) is 10.4. The number of rotatable bonds is 9. The van der Waals surface area contributed by atoms with E-state index in [1.165, 1.54) is 0 Å². The van der Waals surface area contributed by atoms with Gasteiger partial charge in [0.1, 0.15) is 6.10 Å². The summed E-state index contributed by atoms with van der Waals surface area (Å²) in [7, 11) is 1.70. The van der Waals surface area contributed by atoms with Crippen LogP contribution in [0.2, 0.25) is 0 Å². The molecule has 0 amide bonds. The first kappa shape index (κ1) is 15.2. The van der Waals surface area contributed by atoms with Gasteiger partial charge in [-0.2, -0.15) is 0 Å². The Morgan fingerprint density at radius 3 is 2.69 bits per heavy atom. The molecule has 0 aliphatic carbocycles. The first-order chi connectivity index (χ1) is 7.85. The van der Waals surface area contributed by atoms with Crippen LogP contribution in [0.1, 0.15) is 44.9 Å². The van der Waals surface area contributed by atoms with Gasteiger partial charge in [-0.3, -0.25) is 0 Å². The zero-order valence-corrected chi connectivity index (χ0v) is 10.4. The number of ether oxygens (including phenoxy) is 1. The molecule has 0 saturated heterocycles. The molecular formula is C14H24O2. The van der Waals surface area contributed by atoms with Gasteiger partial charge in [0, 0.05) is 20.1 Å². The van der Waals surface area contributed by atoms with Crippen molar-refractivity contribution in [1.29, 1.82) is 0 Å². The Hall–Kier alpha value is -0.780. The molecule has 0 rings (SSSR count). The van der Waals surface area contributed by atoms with Gasteiger partial charge in [0.25, 0.3) is 0 Å². The summed E-state index contributed by atoms with van der Waals surface area (Å²) in [5.74, 6) is 6.28. The van der Waals surface area contributed by atoms with Gasteiger partial charge in [-0.25, -0.2) is 0 Å². The second-order valence-electron chi connectivity index (χ2n) is 3.80. The summed E-state index contributed by atoms with van der Waals surface area (Å²) in [5.41, 5.74) is 0. The van der Waals surface area contributed by atoms with Crippen LogP contribution in [-0.4, -0.2) is 24.9 Å².